The van der Waals surface area contributed by atoms with Gasteiger partial charge in [0.15, 0.2) is 0 Å². The second kappa shape index (κ2) is 8.82. The van der Waals surface area contributed by atoms with Gasteiger partial charge in [-0.3, -0.25) is 4.79 Å². The quantitative estimate of drug-likeness (QED) is 0.694. The van der Waals surface area contributed by atoms with Gasteiger partial charge in [0.25, 0.3) is 0 Å². The highest BCUT2D eigenvalue weighted by Gasteiger charge is 2.33. The molecule has 0 spiro atoms. The standard InChI is InChI=1S/C14H27NO3S/c1-4-15-14(3,13(16)18-5-2)8-11-19-12-6-9-17-10-7-12/h12,15H,4-11H2,1-3H3. The van der Waals surface area contributed by atoms with Gasteiger partial charge in [0.2, 0.25) is 0 Å². The first-order chi connectivity index (χ1) is 9.12. The third kappa shape index (κ3) is 5.71. The van der Waals surface area contributed by atoms with Gasteiger partial charge in [-0.25, -0.2) is 0 Å². The van der Waals surface area contributed by atoms with Crippen LogP contribution >= 0.6 is 11.8 Å². The van der Waals surface area contributed by atoms with Crippen molar-refractivity contribution in [2.45, 2.75) is 50.8 Å². The molecule has 0 aliphatic carbocycles. The van der Waals surface area contributed by atoms with Crippen molar-refractivity contribution in [1.29, 1.82) is 0 Å². The van der Waals surface area contributed by atoms with Crippen molar-refractivity contribution in [2.24, 2.45) is 0 Å². The lowest BCUT2D eigenvalue weighted by Crippen LogP contribution is -2.50. The van der Waals surface area contributed by atoms with Gasteiger partial charge in [-0.15, -0.1) is 0 Å². The summed E-state index contributed by atoms with van der Waals surface area (Å²) in [6, 6.07) is 0. The van der Waals surface area contributed by atoms with Gasteiger partial charge < -0.3 is 14.8 Å². The van der Waals surface area contributed by atoms with Crippen LogP contribution < -0.4 is 5.32 Å². The van der Waals surface area contributed by atoms with Crippen molar-refractivity contribution in [3.8, 4) is 0 Å². The Kier molecular flexibility index (Phi) is 7.80. The maximum atomic E-state index is 12.0. The largest absolute Gasteiger partial charge is 0.465 e. The van der Waals surface area contributed by atoms with Crippen LogP contribution in [0.5, 0.6) is 0 Å². The summed E-state index contributed by atoms with van der Waals surface area (Å²) in [7, 11) is 0. The van der Waals surface area contributed by atoms with E-state index in [0.717, 1.165) is 44.8 Å². The van der Waals surface area contributed by atoms with Crippen LogP contribution in [0.25, 0.3) is 0 Å². The average Bonchev–Trinajstić information content (AvgIpc) is 2.40. The van der Waals surface area contributed by atoms with Crippen molar-refractivity contribution in [2.75, 3.05) is 32.1 Å². The Labute approximate surface area is 121 Å². The van der Waals surface area contributed by atoms with Crippen LogP contribution in [0.3, 0.4) is 0 Å². The molecule has 112 valence electrons. The molecule has 1 aliphatic heterocycles. The molecule has 0 aromatic rings. The zero-order valence-corrected chi connectivity index (χ0v) is 13.2. The van der Waals surface area contributed by atoms with Crippen molar-refractivity contribution < 1.29 is 14.3 Å². The molecule has 0 saturated carbocycles. The van der Waals surface area contributed by atoms with Gasteiger partial charge in [0, 0.05) is 18.5 Å². The Hall–Kier alpha value is -0.260. The van der Waals surface area contributed by atoms with E-state index in [1.54, 1.807) is 0 Å². The third-order valence-corrected chi connectivity index (χ3v) is 4.80. The summed E-state index contributed by atoms with van der Waals surface area (Å²) in [4.78, 5) is 12.0. The first kappa shape index (κ1) is 16.8. The molecule has 1 aliphatic rings. The Morgan fingerprint density at radius 1 is 1.42 bits per heavy atom. The molecule has 5 heteroatoms. The lowest BCUT2D eigenvalue weighted by molar-refractivity contribution is -0.150. The van der Waals surface area contributed by atoms with Crippen LogP contribution in [0.4, 0.5) is 0 Å². The molecule has 1 rings (SSSR count). The summed E-state index contributed by atoms with van der Waals surface area (Å²) in [6.07, 6.45) is 3.06. The number of thioether (sulfide) groups is 1. The number of ether oxygens (including phenoxy) is 2. The van der Waals surface area contributed by atoms with Crippen LogP contribution in [-0.4, -0.2) is 48.9 Å². The molecular formula is C14H27NO3S. The topological polar surface area (TPSA) is 47.6 Å². The Balaban J connectivity index is 2.37. The molecule has 1 unspecified atom stereocenters. The van der Waals surface area contributed by atoms with E-state index in [9.17, 15) is 4.79 Å². The average molecular weight is 289 g/mol. The number of nitrogens with one attached hydrogen (secondary N) is 1. The molecule has 4 nitrogen and oxygen atoms in total. The fraction of sp³-hybridized carbons (Fsp3) is 0.929. The number of carbonyl (C=O) groups excluding carboxylic acids is 1. The first-order valence-corrected chi connectivity index (χ1v) is 8.29. The van der Waals surface area contributed by atoms with E-state index in [0.29, 0.717) is 11.9 Å². The minimum absolute atomic E-state index is 0.135. The van der Waals surface area contributed by atoms with Crippen LogP contribution in [-0.2, 0) is 14.3 Å². The van der Waals surface area contributed by atoms with E-state index in [2.05, 4.69) is 5.32 Å². The highest BCUT2D eigenvalue weighted by molar-refractivity contribution is 7.99. The van der Waals surface area contributed by atoms with Gasteiger partial charge in [0.1, 0.15) is 5.54 Å². The van der Waals surface area contributed by atoms with Crippen LogP contribution in [0.2, 0.25) is 0 Å². The summed E-state index contributed by atoms with van der Waals surface area (Å²) in [6.45, 7) is 8.77. The molecular weight excluding hydrogens is 262 g/mol. The molecule has 1 fully saturated rings. The van der Waals surface area contributed by atoms with Gasteiger partial charge in [-0.05, 0) is 45.4 Å². The van der Waals surface area contributed by atoms with Crippen LogP contribution in [0.15, 0.2) is 0 Å². The van der Waals surface area contributed by atoms with Gasteiger partial charge in [-0.2, -0.15) is 11.8 Å². The number of carbonyl (C=O) groups is 1. The molecule has 19 heavy (non-hydrogen) atoms. The Morgan fingerprint density at radius 2 is 2.11 bits per heavy atom. The second-order valence-corrected chi connectivity index (χ2v) is 6.42. The lowest BCUT2D eigenvalue weighted by Gasteiger charge is -2.29. The summed E-state index contributed by atoms with van der Waals surface area (Å²) in [5.74, 6) is 0.844. The minimum Gasteiger partial charge on any atom is -0.465 e. The molecule has 1 heterocycles. The van der Waals surface area contributed by atoms with E-state index < -0.39 is 5.54 Å². The second-order valence-electron chi connectivity index (χ2n) is 5.02. The summed E-state index contributed by atoms with van der Waals surface area (Å²) >= 11 is 1.96. The molecule has 1 atom stereocenters. The first-order valence-electron chi connectivity index (χ1n) is 7.24. The molecule has 0 radical (unpaired) electrons. The Bertz CT molecular complexity index is 269. The molecule has 0 amide bonds. The molecule has 0 bridgehead atoms. The number of rotatable bonds is 8. The number of likely N-dealkylation sites (N-methyl/N-ethyl adjacent to an activating group) is 1. The number of esters is 1. The lowest BCUT2D eigenvalue weighted by atomic mass is 9.99. The zero-order chi connectivity index (χ0) is 14.1. The summed E-state index contributed by atoms with van der Waals surface area (Å²) < 4.78 is 10.5. The third-order valence-electron chi connectivity index (χ3n) is 3.42. The van der Waals surface area contributed by atoms with Crippen molar-refractivity contribution in [1.82, 2.24) is 5.32 Å². The predicted molar refractivity (Wildman–Crippen MR) is 79.6 cm³/mol. The molecule has 0 aromatic carbocycles. The highest BCUT2D eigenvalue weighted by atomic mass is 32.2. The van der Waals surface area contributed by atoms with Crippen LogP contribution in [0, 0.1) is 0 Å². The normalized spacial score (nSPS) is 19.9. The van der Waals surface area contributed by atoms with E-state index >= 15 is 0 Å². The number of hydrogen-bond donors (Lipinski definition) is 1. The van der Waals surface area contributed by atoms with Crippen LogP contribution in [0.1, 0.15) is 40.0 Å². The van der Waals surface area contributed by atoms with E-state index in [1.165, 1.54) is 0 Å². The van der Waals surface area contributed by atoms with Crippen molar-refractivity contribution in [3.63, 3.8) is 0 Å². The van der Waals surface area contributed by atoms with E-state index in [-0.39, 0.29) is 5.97 Å². The van der Waals surface area contributed by atoms with Crippen molar-refractivity contribution >= 4 is 17.7 Å². The monoisotopic (exact) mass is 289 g/mol. The van der Waals surface area contributed by atoms with Gasteiger partial charge in [0.05, 0.1) is 6.61 Å². The smallest absolute Gasteiger partial charge is 0.326 e. The predicted octanol–water partition coefficient (Wildman–Crippen LogP) is 2.22. The maximum Gasteiger partial charge on any atom is 0.326 e. The zero-order valence-electron chi connectivity index (χ0n) is 12.4. The molecule has 1 saturated heterocycles. The highest BCUT2D eigenvalue weighted by Crippen LogP contribution is 2.25. The fourth-order valence-electron chi connectivity index (χ4n) is 2.22. The van der Waals surface area contributed by atoms with Gasteiger partial charge >= 0.3 is 5.97 Å². The number of hydrogen-bond acceptors (Lipinski definition) is 5. The molecule has 0 aromatic heterocycles. The Morgan fingerprint density at radius 3 is 2.68 bits per heavy atom. The minimum atomic E-state index is -0.553. The maximum absolute atomic E-state index is 12.0. The van der Waals surface area contributed by atoms with Crippen molar-refractivity contribution in [3.05, 3.63) is 0 Å². The molecule has 1 N–H and O–H groups in total. The van der Waals surface area contributed by atoms with E-state index in [4.69, 9.17) is 9.47 Å². The summed E-state index contributed by atoms with van der Waals surface area (Å²) in [5, 5.41) is 3.95. The fourth-order valence-corrected chi connectivity index (χ4v) is 3.60. The van der Waals surface area contributed by atoms with E-state index in [1.807, 2.05) is 32.5 Å². The summed E-state index contributed by atoms with van der Waals surface area (Å²) in [5.41, 5.74) is -0.553. The SMILES string of the molecule is CCNC(C)(CCSC1CCOCC1)C(=O)OCC. The van der Waals surface area contributed by atoms with Gasteiger partial charge in [-0.1, -0.05) is 6.92 Å².